The number of phenols is 3. The molecule has 0 aliphatic heterocycles. The van der Waals surface area contributed by atoms with E-state index < -0.39 is 34.6 Å². The van der Waals surface area contributed by atoms with Gasteiger partial charge < -0.3 is 30.3 Å². The Morgan fingerprint density at radius 2 is 1.56 bits per heavy atom. The molecule has 2 aromatic rings. The third kappa shape index (κ3) is 5.46. The molecule has 0 bridgehead atoms. The number of aliphatic hydroxyl groups excluding tert-OH is 1. The molecule has 0 radical (unpaired) electrons. The van der Waals surface area contributed by atoms with E-state index in [1.165, 1.54) is 20.1 Å². The van der Waals surface area contributed by atoms with Crippen LogP contribution in [-0.4, -0.2) is 61.5 Å². The summed E-state index contributed by atoms with van der Waals surface area (Å²) >= 11 is 0. The van der Waals surface area contributed by atoms with Crippen LogP contribution in [0.1, 0.15) is 91.6 Å². The topological polar surface area (TPSA) is 145 Å². The van der Waals surface area contributed by atoms with Gasteiger partial charge >= 0.3 is 0 Å². The van der Waals surface area contributed by atoms with E-state index >= 15 is 0 Å². The van der Waals surface area contributed by atoms with Crippen molar-refractivity contribution in [3.05, 3.63) is 51.6 Å². The molecule has 0 heterocycles. The predicted molar refractivity (Wildman–Crippen MR) is 150 cm³/mol. The minimum absolute atomic E-state index is 0.0341. The number of ketones is 2. The standard InChI is InChI=1S/C31H40O8/c1-16(11-12-21(33)30(5,6)38)9-8-10-17(2)13-14-31(39-7)28(36)23-20(32)15-18(3)22-24(23)25(29(31)37)27(35)19(4)26(22)34/h9,13,15,21,32-35,38H,8,10-12,14H2,1-7H3/b16-9+,17-13+. The molecular formula is C31H40O8. The van der Waals surface area contributed by atoms with Gasteiger partial charge in [-0.3, -0.25) is 9.59 Å². The Hall–Kier alpha value is -3.20. The van der Waals surface area contributed by atoms with Gasteiger partial charge in [-0.1, -0.05) is 23.3 Å². The number of phenolic OH excluding ortho intramolecular Hbond substituents is 3. The van der Waals surface area contributed by atoms with Gasteiger partial charge in [-0.05, 0) is 78.9 Å². The van der Waals surface area contributed by atoms with E-state index in [0.29, 0.717) is 31.2 Å². The van der Waals surface area contributed by atoms with Crippen LogP contribution in [-0.2, 0) is 4.74 Å². The van der Waals surface area contributed by atoms with E-state index in [4.69, 9.17) is 4.74 Å². The zero-order valence-electron chi connectivity index (χ0n) is 23.8. The molecule has 2 aromatic carbocycles. The lowest BCUT2D eigenvalue weighted by Crippen LogP contribution is -2.50. The molecule has 0 amide bonds. The summed E-state index contributed by atoms with van der Waals surface area (Å²) in [5, 5.41) is 52.5. The normalized spacial score (nSPS) is 19.2. The van der Waals surface area contributed by atoms with Crippen LogP contribution in [0.2, 0.25) is 0 Å². The van der Waals surface area contributed by atoms with Gasteiger partial charge in [0.1, 0.15) is 17.2 Å². The average molecular weight is 541 g/mol. The van der Waals surface area contributed by atoms with Crippen LogP contribution < -0.4 is 0 Å². The van der Waals surface area contributed by atoms with E-state index in [1.807, 2.05) is 13.8 Å². The molecule has 8 nitrogen and oxygen atoms in total. The van der Waals surface area contributed by atoms with Gasteiger partial charge in [0.25, 0.3) is 0 Å². The number of rotatable bonds is 10. The van der Waals surface area contributed by atoms with Crippen molar-refractivity contribution in [1.29, 1.82) is 0 Å². The Kier molecular flexibility index (Phi) is 8.65. The van der Waals surface area contributed by atoms with Gasteiger partial charge in [0.05, 0.1) is 22.8 Å². The lowest BCUT2D eigenvalue weighted by molar-refractivity contribution is -0.0509. The number of aryl methyl sites for hydroxylation is 1. The molecule has 1 aliphatic rings. The Morgan fingerprint density at radius 3 is 2.15 bits per heavy atom. The maximum atomic E-state index is 13.8. The molecule has 2 atom stereocenters. The van der Waals surface area contributed by atoms with Crippen molar-refractivity contribution in [1.82, 2.24) is 0 Å². The van der Waals surface area contributed by atoms with Gasteiger partial charge in [-0.2, -0.15) is 0 Å². The summed E-state index contributed by atoms with van der Waals surface area (Å²) in [4.78, 5) is 27.6. The summed E-state index contributed by atoms with van der Waals surface area (Å²) < 4.78 is 5.59. The van der Waals surface area contributed by atoms with Gasteiger partial charge in [0.2, 0.25) is 11.6 Å². The molecular weight excluding hydrogens is 500 g/mol. The van der Waals surface area contributed by atoms with Crippen LogP contribution in [0.3, 0.4) is 0 Å². The lowest BCUT2D eigenvalue weighted by atomic mass is 9.72. The lowest BCUT2D eigenvalue weighted by Gasteiger charge is -2.34. The fourth-order valence-electron chi connectivity index (χ4n) is 5.16. The smallest absolute Gasteiger partial charge is 0.207 e. The van der Waals surface area contributed by atoms with Crippen LogP contribution >= 0.6 is 0 Å². The first kappa shape index (κ1) is 30.3. The summed E-state index contributed by atoms with van der Waals surface area (Å²) in [6, 6.07) is 1.36. The second kappa shape index (κ2) is 11.1. The first-order valence-electron chi connectivity index (χ1n) is 13.2. The molecule has 212 valence electrons. The monoisotopic (exact) mass is 540 g/mol. The third-order valence-corrected chi connectivity index (χ3v) is 7.87. The maximum absolute atomic E-state index is 13.8. The molecule has 3 rings (SSSR count). The molecule has 0 spiro atoms. The number of benzene rings is 2. The van der Waals surface area contributed by atoms with Gasteiger partial charge in [-0.15, -0.1) is 0 Å². The molecule has 8 heteroatoms. The number of aromatic hydroxyl groups is 3. The van der Waals surface area contributed by atoms with Crippen LogP contribution in [0.5, 0.6) is 17.2 Å². The summed E-state index contributed by atoms with van der Waals surface area (Å²) in [5.41, 5.74) is -0.856. The van der Waals surface area contributed by atoms with Gasteiger partial charge in [0, 0.05) is 29.9 Å². The van der Waals surface area contributed by atoms with Gasteiger partial charge in [0.15, 0.2) is 5.60 Å². The molecule has 0 saturated heterocycles. The number of carbonyl (C=O) groups excluding carboxylic acids is 2. The number of aliphatic hydroxyl groups is 2. The molecule has 39 heavy (non-hydrogen) atoms. The summed E-state index contributed by atoms with van der Waals surface area (Å²) in [6.45, 7) is 10.1. The van der Waals surface area contributed by atoms with Crippen LogP contribution in [0.25, 0.3) is 10.8 Å². The van der Waals surface area contributed by atoms with Crippen molar-refractivity contribution in [3.8, 4) is 17.2 Å². The zero-order chi connectivity index (χ0) is 29.4. The number of carbonyl (C=O) groups is 2. The van der Waals surface area contributed by atoms with E-state index in [9.17, 15) is 35.1 Å². The number of ether oxygens (including phenoxy) is 1. The molecule has 2 unspecified atom stereocenters. The Balaban J connectivity index is 1.88. The highest BCUT2D eigenvalue weighted by Gasteiger charge is 2.53. The zero-order valence-corrected chi connectivity index (χ0v) is 23.8. The first-order valence-corrected chi connectivity index (χ1v) is 13.2. The summed E-state index contributed by atoms with van der Waals surface area (Å²) in [6.07, 6.45) is 5.37. The van der Waals surface area contributed by atoms with E-state index in [-0.39, 0.29) is 45.4 Å². The molecule has 0 aromatic heterocycles. The number of hydrogen-bond donors (Lipinski definition) is 5. The highest BCUT2D eigenvalue weighted by molar-refractivity contribution is 6.36. The van der Waals surface area contributed by atoms with E-state index in [0.717, 1.165) is 11.1 Å². The Labute approximate surface area is 229 Å². The average Bonchev–Trinajstić information content (AvgIpc) is 2.85. The Morgan fingerprint density at radius 1 is 0.974 bits per heavy atom. The van der Waals surface area contributed by atoms with Crippen LogP contribution in [0.15, 0.2) is 29.4 Å². The molecule has 5 N–H and O–H groups in total. The van der Waals surface area contributed by atoms with Crippen molar-refractivity contribution in [2.45, 2.75) is 91.0 Å². The fraction of sp³-hybridized carbons (Fsp3) is 0.484. The number of allylic oxidation sites excluding steroid dienone is 3. The number of methoxy groups -OCH3 is 1. The second-order valence-corrected chi connectivity index (χ2v) is 11.3. The van der Waals surface area contributed by atoms with E-state index in [2.05, 4.69) is 6.08 Å². The van der Waals surface area contributed by atoms with Crippen molar-refractivity contribution >= 4 is 22.3 Å². The summed E-state index contributed by atoms with van der Waals surface area (Å²) in [5.74, 6) is -2.48. The molecule has 0 fully saturated rings. The highest BCUT2D eigenvalue weighted by atomic mass is 16.5. The quantitative estimate of drug-likeness (QED) is 0.201. The number of Topliss-reactive ketones (excluding diaryl/α,β-unsaturated/α-hetero) is 2. The Bertz CT molecular complexity index is 1380. The van der Waals surface area contributed by atoms with E-state index in [1.54, 1.807) is 26.8 Å². The van der Waals surface area contributed by atoms with Crippen molar-refractivity contribution in [3.63, 3.8) is 0 Å². The van der Waals surface area contributed by atoms with Gasteiger partial charge in [-0.25, -0.2) is 0 Å². The second-order valence-electron chi connectivity index (χ2n) is 11.3. The first-order chi connectivity index (χ1) is 18.1. The minimum atomic E-state index is -1.98. The third-order valence-electron chi connectivity index (χ3n) is 7.87. The largest absolute Gasteiger partial charge is 0.507 e. The van der Waals surface area contributed by atoms with Crippen molar-refractivity contribution in [2.24, 2.45) is 0 Å². The minimum Gasteiger partial charge on any atom is -0.507 e. The predicted octanol–water partition coefficient (Wildman–Crippen LogP) is 5.31. The van der Waals surface area contributed by atoms with Crippen molar-refractivity contribution < 1.29 is 39.9 Å². The van der Waals surface area contributed by atoms with Crippen LogP contribution in [0, 0.1) is 13.8 Å². The number of hydrogen-bond acceptors (Lipinski definition) is 8. The molecule has 0 saturated carbocycles. The van der Waals surface area contributed by atoms with Crippen molar-refractivity contribution in [2.75, 3.05) is 7.11 Å². The SMILES string of the molecule is COC1(C/C=C(\C)CC/C=C(\C)CCC(O)C(C)(C)O)C(=O)c2c(O)cc(C)c3c(O)c(C)c(O)c(c23)C1=O. The molecule has 1 aliphatic carbocycles. The highest BCUT2D eigenvalue weighted by Crippen LogP contribution is 2.50. The maximum Gasteiger partial charge on any atom is 0.207 e. The van der Waals surface area contributed by atoms with Crippen LogP contribution in [0.4, 0.5) is 0 Å². The summed E-state index contributed by atoms with van der Waals surface area (Å²) in [7, 11) is 1.25. The fourth-order valence-corrected chi connectivity index (χ4v) is 5.16.